The standard InChI is InChI=1S/C12H11N3O4S/c1-18-8-6-9(19-2)15-12(14-8)20-10-5-7(11(16)17)3-4-13-10/h3-6H,1-2H3,(H,16,17). The lowest BCUT2D eigenvalue weighted by atomic mass is 10.3. The van der Waals surface area contributed by atoms with Crippen molar-refractivity contribution < 1.29 is 19.4 Å². The molecule has 104 valence electrons. The Labute approximate surface area is 119 Å². The molecule has 2 heterocycles. The smallest absolute Gasteiger partial charge is 0.335 e. The number of carboxylic acid groups (broad SMARTS) is 1. The highest BCUT2D eigenvalue weighted by Gasteiger charge is 2.10. The third-order valence-electron chi connectivity index (χ3n) is 2.25. The molecule has 7 nitrogen and oxygen atoms in total. The maximum atomic E-state index is 10.9. The maximum Gasteiger partial charge on any atom is 0.335 e. The van der Waals surface area contributed by atoms with E-state index in [0.29, 0.717) is 21.9 Å². The molecule has 20 heavy (non-hydrogen) atoms. The summed E-state index contributed by atoms with van der Waals surface area (Å²) in [6.45, 7) is 0. The van der Waals surface area contributed by atoms with Crippen LogP contribution in [0.4, 0.5) is 0 Å². The third-order valence-corrected chi connectivity index (χ3v) is 3.05. The van der Waals surface area contributed by atoms with E-state index < -0.39 is 5.97 Å². The molecule has 2 aromatic heterocycles. The first kappa shape index (κ1) is 14.1. The fourth-order valence-corrected chi connectivity index (χ4v) is 2.09. The molecule has 0 aromatic carbocycles. The second-order valence-electron chi connectivity index (χ2n) is 3.53. The van der Waals surface area contributed by atoms with Crippen LogP contribution in [0.15, 0.2) is 34.6 Å². The van der Waals surface area contributed by atoms with Crippen molar-refractivity contribution in [2.75, 3.05) is 14.2 Å². The van der Waals surface area contributed by atoms with Crippen molar-refractivity contribution in [3.8, 4) is 11.8 Å². The minimum atomic E-state index is -1.02. The highest BCUT2D eigenvalue weighted by Crippen LogP contribution is 2.27. The van der Waals surface area contributed by atoms with Crippen molar-refractivity contribution >= 4 is 17.7 Å². The predicted octanol–water partition coefficient (Wildman–Crippen LogP) is 1.74. The molecule has 0 fully saturated rings. The molecular formula is C12H11N3O4S. The van der Waals surface area contributed by atoms with E-state index in [-0.39, 0.29) is 5.56 Å². The SMILES string of the molecule is COc1cc(OC)nc(Sc2cc(C(=O)O)ccn2)n1. The van der Waals surface area contributed by atoms with Gasteiger partial charge in [-0.3, -0.25) is 0 Å². The number of hydrogen-bond donors (Lipinski definition) is 1. The van der Waals surface area contributed by atoms with Gasteiger partial charge in [0.1, 0.15) is 5.03 Å². The number of nitrogens with zero attached hydrogens (tertiary/aromatic N) is 3. The molecule has 0 saturated carbocycles. The van der Waals surface area contributed by atoms with Crippen LogP contribution in [0.2, 0.25) is 0 Å². The van der Waals surface area contributed by atoms with Crippen molar-refractivity contribution in [3.05, 3.63) is 30.0 Å². The topological polar surface area (TPSA) is 94.4 Å². The second kappa shape index (κ2) is 6.20. The molecule has 0 amide bonds. The molecule has 0 aliphatic heterocycles. The first-order valence-corrected chi connectivity index (χ1v) is 6.28. The molecule has 2 rings (SSSR count). The maximum absolute atomic E-state index is 10.9. The molecule has 0 aliphatic carbocycles. The van der Waals surface area contributed by atoms with Crippen LogP contribution in [0.25, 0.3) is 0 Å². The Morgan fingerprint density at radius 2 is 1.85 bits per heavy atom. The number of rotatable bonds is 5. The van der Waals surface area contributed by atoms with Crippen molar-refractivity contribution in [1.29, 1.82) is 0 Å². The zero-order chi connectivity index (χ0) is 14.5. The highest BCUT2D eigenvalue weighted by atomic mass is 32.2. The van der Waals surface area contributed by atoms with Crippen molar-refractivity contribution in [3.63, 3.8) is 0 Å². The lowest BCUT2D eigenvalue weighted by Gasteiger charge is -2.05. The van der Waals surface area contributed by atoms with Gasteiger partial charge in [0.05, 0.1) is 25.8 Å². The Morgan fingerprint density at radius 3 is 2.40 bits per heavy atom. The molecule has 0 spiro atoms. The van der Waals surface area contributed by atoms with Gasteiger partial charge in [0.15, 0.2) is 0 Å². The van der Waals surface area contributed by atoms with Gasteiger partial charge in [-0.25, -0.2) is 9.78 Å². The van der Waals surface area contributed by atoms with E-state index in [9.17, 15) is 4.79 Å². The van der Waals surface area contributed by atoms with Crippen molar-refractivity contribution in [1.82, 2.24) is 15.0 Å². The Morgan fingerprint density at radius 1 is 1.20 bits per heavy atom. The molecule has 1 N–H and O–H groups in total. The van der Waals surface area contributed by atoms with Crippen LogP contribution >= 0.6 is 11.8 Å². The van der Waals surface area contributed by atoms with Gasteiger partial charge in [0.25, 0.3) is 0 Å². The van der Waals surface area contributed by atoms with E-state index >= 15 is 0 Å². The summed E-state index contributed by atoms with van der Waals surface area (Å²) in [7, 11) is 2.97. The fraction of sp³-hybridized carbons (Fsp3) is 0.167. The number of pyridine rings is 1. The van der Waals surface area contributed by atoms with Gasteiger partial charge in [-0.2, -0.15) is 9.97 Å². The van der Waals surface area contributed by atoms with Crippen LogP contribution in [-0.4, -0.2) is 40.2 Å². The molecule has 0 atom stereocenters. The molecule has 0 saturated heterocycles. The summed E-state index contributed by atoms with van der Waals surface area (Å²) in [6, 6.07) is 4.41. The van der Waals surface area contributed by atoms with Gasteiger partial charge in [0, 0.05) is 6.20 Å². The lowest BCUT2D eigenvalue weighted by Crippen LogP contribution is -1.98. The van der Waals surface area contributed by atoms with E-state index in [1.165, 1.54) is 32.5 Å². The average Bonchev–Trinajstić information content (AvgIpc) is 2.47. The van der Waals surface area contributed by atoms with Gasteiger partial charge in [0.2, 0.25) is 16.9 Å². The summed E-state index contributed by atoms with van der Waals surface area (Å²) in [5.41, 5.74) is 0.150. The average molecular weight is 293 g/mol. The summed E-state index contributed by atoms with van der Waals surface area (Å²) in [5.74, 6) is -0.305. The summed E-state index contributed by atoms with van der Waals surface area (Å²) in [4.78, 5) is 23.2. The number of aromatic nitrogens is 3. The largest absolute Gasteiger partial charge is 0.481 e. The zero-order valence-electron chi connectivity index (χ0n) is 10.7. The summed E-state index contributed by atoms with van der Waals surface area (Å²) < 4.78 is 10.1. The number of carbonyl (C=O) groups is 1. The van der Waals surface area contributed by atoms with E-state index in [2.05, 4.69) is 15.0 Å². The predicted molar refractivity (Wildman–Crippen MR) is 70.5 cm³/mol. The third kappa shape index (κ3) is 3.35. The Hall–Kier alpha value is -2.35. The zero-order valence-corrected chi connectivity index (χ0v) is 11.5. The fourth-order valence-electron chi connectivity index (χ4n) is 1.33. The van der Waals surface area contributed by atoms with Crippen LogP contribution < -0.4 is 9.47 Å². The number of ether oxygens (including phenoxy) is 2. The van der Waals surface area contributed by atoms with Gasteiger partial charge >= 0.3 is 5.97 Å². The van der Waals surface area contributed by atoms with Gasteiger partial charge < -0.3 is 14.6 Å². The molecule has 0 bridgehead atoms. The Balaban J connectivity index is 2.29. The summed E-state index contributed by atoms with van der Waals surface area (Å²) >= 11 is 1.12. The Bertz CT molecular complexity index is 614. The monoisotopic (exact) mass is 293 g/mol. The van der Waals surface area contributed by atoms with Crippen molar-refractivity contribution in [2.24, 2.45) is 0 Å². The second-order valence-corrected chi connectivity index (χ2v) is 4.51. The normalized spacial score (nSPS) is 10.1. The number of methoxy groups -OCH3 is 2. The van der Waals surface area contributed by atoms with Crippen LogP contribution in [0.5, 0.6) is 11.8 Å². The molecule has 0 aliphatic rings. The van der Waals surface area contributed by atoms with Gasteiger partial charge in [-0.1, -0.05) is 0 Å². The minimum absolute atomic E-state index is 0.150. The van der Waals surface area contributed by atoms with E-state index in [1.807, 2.05) is 0 Å². The van der Waals surface area contributed by atoms with E-state index in [1.54, 1.807) is 6.07 Å². The van der Waals surface area contributed by atoms with E-state index in [4.69, 9.17) is 14.6 Å². The quantitative estimate of drug-likeness (QED) is 0.833. The molecule has 2 aromatic rings. The van der Waals surface area contributed by atoms with Gasteiger partial charge in [-0.05, 0) is 23.9 Å². The van der Waals surface area contributed by atoms with Crippen LogP contribution in [0, 0.1) is 0 Å². The summed E-state index contributed by atoms with van der Waals surface area (Å²) in [6.07, 6.45) is 1.42. The lowest BCUT2D eigenvalue weighted by molar-refractivity contribution is 0.0696. The van der Waals surface area contributed by atoms with E-state index in [0.717, 1.165) is 11.8 Å². The Kier molecular flexibility index (Phi) is 4.36. The number of aromatic carboxylic acids is 1. The van der Waals surface area contributed by atoms with Crippen LogP contribution in [0.1, 0.15) is 10.4 Å². The van der Waals surface area contributed by atoms with Crippen LogP contribution in [-0.2, 0) is 0 Å². The first-order valence-electron chi connectivity index (χ1n) is 5.46. The molecule has 0 unspecified atom stereocenters. The molecule has 0 radical (unpaired) electrons. The number of hydrogen-bond acceptors (Lipinski definition) is 7. The minimum Gasteiger partial charge on any atom is -0.481 e. The first-order chi connectivity index (χ1) is 9.62. The van der Waals surface area contributed by atoms with Gasteiger partial charge in [-0.15, -0.1) is 0 Å². The highest BCUT2D eigenvalue weighted by molar-refractivity contribution is 7.99. The van der Waals surface area contributed by atoms with Crippen molar-refractivity contribution in [2.45, 2.75) is 10.2 Å². The summed E-state index contributed by atoms with van der Waals surface area (Å²) in [5, 5.41) is 9.76. The number of carboxylic acids is 1. The molecule has 8 heteroatoms. The van der Waals surface area contributed by atoms with Crippen LogP contribution in [0.3, 0.4) is 0 Å². The molecular weight excluding hydrogens is 282 g/mol.